The molecule has 1 N–H and O–H groups in total. The molecule has 4 rings (SSSR count). The zero-order chi connectivity index (χ0) is 23.6. The van der Waals surface area contributed by atoms with Crippen molar-refractivity contribution in [1.29, 1.82) is 0 Å². The van der Waals surface area contributed by atoms with Crippen LogP contribution in [-0.4, -0.2) is 20.2 Å². The lowest BCUT2D eigenvalue weighted by atomic mass is 10.1. The Hall–Kier alpha value is -2.67. The standard InChI is InChI=1S/C13H14FNO2.C12H13BrFN/c1-8(2)7-15-4-3-9-5-11(14)10(13(16)17)6-12(9)15;1-8(2)7-15-4-3-9-5-11(14)10(13)6-12(9)15/h3-6,8H,7H2,1-2H3,(H,16,17);3-6,8H,7H2,1-2H3. The quantitative estimate of drug-likeness (QED) is 0.309. The first kappa shape index (κ1) is 24.0. The number of aromatic carboxylic acids is 1. The van der Waals surface area contributed by atoms with Crippen LogP contribution < -0.4 is 0 Å². The number of halogens is 3. The Kier molecular flexibility index (Phi) is 7.39. The predicted octanol–water partition coefficient (Wildman–Crippen LogP) is 7.33. The van der Waals surface area contributed by atoms with E-state index in [0.717, 1.165) is 34.9 Å². The van der Waals surface area contributed by atoms with E-state index in [2.05, 4.69) is 48.2 Å². The summed E-state index contributed by atoms with van der Waals surface area (Å²) in [4.78, 5) is 10.9. The normalized spacial score (nSPS) is 11.4. The molecule has 0 aliphatic carbocycles. The number of carbonyl (C=O) groups is 1. The molecular formula is C25H27BrF2N2O2. The van der Waals surface area contributed by atoms with Crippen molar-refractivity contribution in [2.75, 3.05) is 0 Å². The van der Waals surface area contributed by atoms with Crippen molar-refractivity contribution in [3.05, 3.63) is 70.5 Å². The second kappa shape index (κ2) is 9.86. The summed E-state index contributed by atoms with van der Waals surface area (Å²) >= 11 is 3.21. The fraction of sp³-hybridized carbons (Fsp3) is 0.320. The van der Waals surface area contributed by atoms with E-state index in [1.807, 2.05) is 29.1 Å². The Morgan fingerprint density at radius 1 is 0.875 bits per heavy atom. The molecule has 2 aromatic heterocycles. The third-order valence-electron chi connectivity index (χ3n) is 5.03. The van der Waals surface area contributed by atoms with E-state index >= 15 is 0 Å². The Balaban J connectivity index is 0.000000182. The van der Waals surface area contributed by atoms with E-state index in [1.165, 1.54) is 12.1 Å². The van der Waals surface area contributed by atoms with Gasteiger partial charge in [0.05, 0.1) is 10.0 Å². The summed E-state index contributed by atoms with van der Waals surface area (Å²) in [5, 5.41) is 10.6. The van der Waals surface area contributed by atoms with Gasteiger partial charge in [-0.15, -0.1) is 0 Å². The largest absolute Gasteiger partial charge is 0.478 e. The molecule has 4 aromatic rings. The monoisotopic (exact) mass is 504 g/mol. The highest BCUT2D eigenvalue weighted by atomic mass is 79.9. The fourth-order valence-corrected chi connectivity index (χ4v) is 3.99. The van der Waals surface area contributed by atoms with E-state index < -0.39 is 11.8 Å². The van der Waals surface area contributed by atoms with Crippen molar-refractivity contribution in [2.24, 2.45) is 11.8 Å². The molecule has 0 saturated heterocycles. The third-order valence-corrected chi connectivity index (χ3v) is 5.63. The molecule has 32 heavy (non-hydrogen) atoms. The zero-order valence-electron chi connectivity index (χ0n) is 18.6. The van der Waals surface area contributed by atoms with Gasteiger partial charge in [0.1, 0.15) is 11.6 Å². The maximum absolute atomic E-state index is 13.5. The van der Waals surface area contributed by atoms with Crippen molar-refractivity contribution in [3.63, 3.8) is 0 Å². The fourth-order valence-electron chi connectivity index (χ4n) is 3.66. The second-order valence-corrected chi connectivity index (χ2v) is 9.60. The number of aromatic nitrogens is 2. The average Bonchev–Trinajstić information content (AvgIpc) is 3.25. The maximum Gasteiger partial charge on any atom is 0.338 e. The molecule has 0 bridgehead atoms. The maximum atomic E-state index is 13.5. The van der Waals surface area contributed by atoms with Crippen LogP contribution in [-0.2, 0) is 13.1 Å². The lowest BCUT2D eigenvalue weighted by Gasteiger charge is -2.08. The molecule has 0 atom stereocenters. The van der Waals surface area contributed by atoms with Gasteiger partial charge in [0.15, 0.2) is 0 Å². The average molecular weight is 505 g/mol. The Labute approximate surface area is 194 Å². The summed E-state index contributed by atoms with van der Waals surface area (Å²) in [7, 11) is 0. The van der Waals surface area contributed by atoms with Crippen molar-refractivity contribution >= 4 is 43.7 Å². The Bertz CT molecular complexity index is 1260. The smallest absolute Gasteiger partial charge is 0.338 e. The van der Waals surface area contributed by atoms with Crippen molar-refractivity contribution in [2.45, 2.75) is 40.8 Å². The minimum Gasteiger partial charge on any atom is -0.478 e. The Morgan fingerprint density at radius 3 is 1.81 bits per heavy atom. The summed E-state index contributed by atoms with van der Waals surface area (Å²) in [6, 6.07) is 9.83. The minimum absolute atomic E-state index is 0.204. The van der Waals surface area contributed by atoms with Gasteiger partial charge in [0, 0.05) is 47.3 Å². The van der Waals surface area contributed by atoms with Gasteiger partial charge in [-0.3, -0.25) is 0 Å². The predicted molar refractivity (Wildman–Crippen MR) is 128 cm³/mol. The van der Waals surface area contributed by atoms with Crippen LogP contribution >= 0.6 is 15.9 Å². The van der Waals surface area contributed by atoms with Crippen molar-refractivity contribution in [1.82, 2.24) is 9.13 Å². The van der Waals surface area contributed by atoms with Gasteiger partial charge in [0.2, 0.25) is 0 Å². The van der Waals surface area contributed by atoms with Crippen LogP contribution in [0.3, 0.4) is 0 Å². The molecule has 0 saturated carbocycles. The first-order valence-corrected chi connectivity index (χ1v) is 11.3. The summed E-state index contributed by atoms with van der Waals surface area (Å²) in [6.07, 6.45) is 3.87. The van der Waals surface area contributed by atoms with Crippen LogP contribution in [0.4, 0.5) is 8.78 Å². The van der Waals surface area contributed by atoms with Gasteiger partial charge in [-0.05, 0) is 64.2 Å². The number of carboxylic acids is 1. The summed E-state index contributed by atoms with van der Waals surface area (Å²) in [5.74, 6) is -1.09. The first-order valence-electron chi connectivity index (χ1n) is 10.5. The number of rotatable bonds is 5. The molecule has 7 heteroatoms. The molecule has 0 radical (unpaired) electrons. The van der Waals surface area contributed by atoms with E-state index in [-0.39, 0.29) is 11.4 Å². The number of nitrogens with zero attached hydrogens (tertiary/aromatic N) is 2. The SMILES string of the molecule is CC(C)Cn1ccc2cc(F)c(Br)cc21.CC(C)Cn1ccc2cc(F)c(C(=O)O)cc21. The number of benzene rings is 2. The molecule has 0 aliphatic heterocycles. The van der Waals surface area contributed by atoms with Crippen molar-refractivity contribution < 1.29 is 18.7 Å². The topological polar surface area (TPSA) is 47.2 Å². The molecule has 0 unspecified atom stereocenters. The molecule has 0 spiro atoms. The van der Waals surface area contributed by atoms with Gasteiger partial charge >= 0.3 is 5.97 Å². The van der Waals surface area contributed by atoms with Gasteiger partial charge in [-0.2, -0.15) is 0 Å². The molecule has 0 aliphatic rings. The van der Waals surface area contributed by atoms with Gasteiger partial charge < -0.3 is 14.2 Å². The van der Waals surface area contributed by atoms with Crippen LogP contribution in [0.5, 0.6) is 0 Å². The van der Waals surface area contributed by atoms with Crippen LogP contribution in [0.1, 0.15) is 38.1 Å². The number of hydrogen-bond acceptors (Lipinski definition) is 1. The van der Waals surface area contributed by atoms with Crippen molar-refractivity contribution in [3.8, 4) is 0 Å². The summed E-state index contributed by atoms with van der Waals surface area (Å²) < 4.78 is 31.4. The van der Waals surface area contributed by atoms with E-state index in [4.69, 9.17) is 5.11 Å². The Morgan fingerprint density at radius 2 is 1.34 bits per heavy atom. The van der Waals surface area contributed by atoms with Gasteiger partial charge in [0.25, 0.3) is 0 Å². The highest BCUT2D eigenvalue weighted by molar-refractivity contribution is 9.10. The molecule has 0 amide bonds. The van der Waals surface area contributed by atoms with Crippen LogP contribution in [0, 0.1) is 23.5 Å². The van der Waals surface area contributed by atoms with E-state index in [1.54, 1.807) is 12.1 Å². The number of carboxylic acid groups (broad SMARTS) is 1. The summed E-state index contributed by atoms with van der Waals surface area (Å²) in [5.41, 5.74) is 1.57. The summed E-state index contributed by atoms with van der Waals surface area (Å²) in [6.45, 7) is 10.2. The lowest BCUT2D eigenvalue weighted by molar-refractivity contribution is 0.0692. The van der Waals surface area contributed by atoms with Gasteiger partial charge in [-0.25, -0.2) is 13.6 Å². The van der Waals surface area contributed by atoms with Gasteiger partial charge in [-0.1, -0.05) is 27.7 Å². The van der Waals surface area contributed by atoms with E-state index in [0.29, 0.717) is 16.3 Å². The number of fused-ring (bicyclic) bond motifs is 2. The molecular weight excluding hydrogens is 478 g/mol. The highest BCUT2D eigenvalue weighted by Crippen LogP contribution is 2.25. The lowest BCUT2D eigenvalue weighted by Crippen LogP contribution is -2.05. The van der Waals surface area contributed by atoms with Crippen LogP contribution in [0.25, 0.3) is 21.8 Å². The molecule has 170 valence electrons. The molecule has 2 heterocycles. The molecule has 0 fully saturated rings. The zero-order valence-corrected chi connectivity index (χ0v) is 20.2. The minimum atomic E-state index is -1.23. The van der Waals surface area contributed by atoms with E-state index in [9.17, 15) is 13.6 Å². The molecule has 2 aromatic carbocycles. The molecule has 4 nitrogen and oxygen atoms in total. The number of hydrogen-bond donors (Lipinski definition) is 1. The van der Waals surface area contributed by atoms with Crippen LogP contribution in [0.2, 0.25) is 0 Å². The first-order chi connectivity index (χ1) is 15.1. The highest BCUT2D eigenvalue weighted by Gasteiger charge is 2.14. The van der Waals surface area contributed by atoms with Crippen LogP contribution in [0.15, 0.2) is 53.3 Å². The third kappa shape index (κ3) is 5.38. The second-order valence-electron chi connectivity index (χ2n) is 8.75.